The number of carbonyl (C=O) groups is 1. The topological polar surface area (TPSA) is 155 Å². The molecule has 318 valence electrons. The second-order valence-corrected chi connectivity index (χ2v) is 20.1. The van der Waals surface area contributed by atoms with Crippen LogP contribution >= 0.6 is 11.3 Å². The van der Waals surface area contributed by atoms with Gasteiger partial charge in [0.2, 0.25) is 0 Å². The van der Waals surface area contributed by atoms with Crippen LogP contribution in [0, 0.1) is 36.5 Å². The summed E-state index contributed by atoms with van der Waals surface area (Å²) >= 11 is 1.58. The summed E-state index contributed by atoms with van der Waals surface area (Å²) in [6.45, 7) is 13.4. The minimum absolute atomic E-state index is 0.00468. The molecule has 4 aromatic heterocycles. The highest BCUT2D eigenvalue weighted by molar-refractivity contribution is 7.22. The summed E-state index contributed by atoms with van der Waals surface area (Å²) in [5.74, 6) is 1.83. The van der Waals surface area contributed by atoms with Crippen molar-refractivity contribution in [1.82, 2.24) is 34.8 Å². The molecule has 3 N–H and O–H groups in total. The molecule has 4 bridgehead atoms. The number of carboxylic acid groups (broad SMARTS) is 1. The summed E-state index contributed by atoms with van der Waals surface area (Å²) in [4.78, 5) is 26.8. The van der Waals surface area contributed by atoms with Crippen LogP contribution in [-0.4, -0.2) is 96.5 Å². The van der Waals surface area contributed by atoms with Gasteiger partial charge in [0.25, 0.3) is 0 Å². The van der Waals surface area contributed by atoms with Crippen molar-refractivity contribution < 1.29 is 19.7 Å². The number of nitrogens with zero attached hydrogens (tertiary/aromatic N) is 8. The highest BCUT2D eigenvalue weighted by atomic mass is 32.1. The van der Waals surface area contributed by atoms with E-state index in [2.05, 4.69) is 59.0 Å². The zero-order valence-corrected chi connectivity index (χ0v) is 36.5. The number of benzene rings is 1. The predicted octanol–water partition coefficient (Wildman–Crippen LogP) is 8.57. The number of rotatable bonds is 15. The second kappa shape index (κ2) is 16.1. The minimum Gasteiger partial charge on any atom is -0.476 e. The van der Waals surface area contributed by atoms with Gasteiger partial charge < -0.3 is 30.1 Å². The third-order valence-electron chi connectivity index (χ3n) is 14.1. The number of aliphatic hydroxyl groups is 1. The number of hydrogen-bond donors (Lipinski definition) is 3. The van der Waals surface area contributed by atoms with Gasteiger partial charge in [0.1, 0.15) is 5.82 Å². The minimum atomic E-state index is -1.08. The standard InChI is InChI=1S/C46H59N9O4S/c1-29-33-11-10-17-54(41(33)52-51-40(29)50-43-48-36-12-6-7-13-37(36)60-43)38-15-14-34(39(49-38)42(57)58)35-24-47-55(30(35)2)25-32-22-45(4)26-44(3)21-31(32)23-46(27-44,28-45)59-20-18-53(5)16-8-9-19-56/h6-7,12-15,24,31-32,56H,8-11,16-23,25-28H2,1-5H3,(H,57,58)(H,48,50,51). The molecule has 13 nitrogen and oxygen atoms in total. The predicted molar refractivity (Wildman–Crippen MR) is 236 cm³/mol. The van der Waals surface area contributed by atoms with E-state index in [0.29, 0.717) is 41.4 Å². The van der Waals surface area contributed by atoms with Gasteiger partial charge in [-0.15, -0.1) is 10.2 Å². The first-order valence-corrected chi connectivity index (χ1v) is 22.6. The molecule has 4 saturated carbocycles. The molecule has 5 unspecified atom stereocenters. The molecule has 0 amide bonds. The number of carboxylic acids is 1. The van der Waals surface area contributed by atoms with E-state index in [-0.39, 0.29) is 28.7 Å². The molecule has 5 atom stereocenters. The number of likely N-dealkylation sites (N-methyl/N-ethyl adjacent to an activating group) is 1. The summed E-state index contributed by atoms with van der Waals surface area (Å²) in [5, 5.41) is 38.1. The van der Waals surface area contributed by atoms with E-state index >= 15 is 0 Å². The van der Waals surface area contributed by atoms with Crippen LogP contribution in [0.15, 0.2) is 42.6 Å². The van der Waals surface area contributed by atoms with E-state index in [1.165, 1.54) is 12.8 Å². The van der Waals surface area contributed by atoms with Gasteiger partial charge in [-0.3, -0.25) is 4.68 Å². The lowest BCUT2D eigenvalue weighted by atomic mass is 9.53. The Morgan fingerprint density at radius 1 is 1.00 bits per heavy atom. The number of hydrogen-bond acceptors (Lipinski definition) is 12. The van der Waals surface area contributed by atoms with Gasteiger partial charge in [-0.25, -0.2) is 14.8 Å². The molecule has 10 rings (SSSR count). The maximum atomic E-state index is 12.9. The third-order valence-corrected chi connectivity index (χ3v) is 15.0. The fraction of sp³-hybridized carbons (Fsp3) is 0.565. The Morgan fingerprint density at radius 3 is 2.62 bits per heavy atom. The van der Waals surface area contributed by atoms with Gasteiger partial charge >= 0.3 is 5.97 Å². The maximum Gasteiger partial charge on any atom is 0.355 e. The van der Waals surface area contributed by atoms with E-state index in [9.17, 15) is 15.0 Å². The number of anilines is 4. The Morgan fingerprint density at radius 2 is 1.82 bits per heavy atom. The number of para-hydroxylation sites is 1. The lowest BCUT2D eigenvalue weighted by Crippen LogP contribution is -2.52. The van der Waals surface area contributed by atoms with Gasteiger partial charge in [0.05, 0.1) is 28.6 Å². The highest BCUT2D eigenvalue weighted by Crippen LogP contribution is 2.66. The van der Waals surface area contributed by atoms with Crippen LogP contribution in [0.4, 0.5) is 22.6 Å². The van der Waals surface area contributed by atoms with Crippen LogP contribution in [0.2, 0.25) is 0 Å². The van der Waals surface area contributed by atoms with E-state index < -0.39 is 5.97 Å². The van der Waals surface area contributed by atoms with Crippen molar-refractivity contribution in [3.05, 3.63) is 65.1 Å². The summed E-state index contributed by atoms with van der Waals surface area (Å²) in [5.41, 5.74) is 5.71. The fourth-order valence-corrected chi connectivity index (χ4v) is 12.8. The SMILES string of the molecule is Cc1c(Nc2nc3ccccc3s2)nnc2c1CCCN2c1ccc(-c2cnn(CC3CC4(C)CC5(C)CC3CC(OCCN(C)CCCCO)(C4)C5)c2C)c(C(=O)O)n1. The van der Waals surface area contributed by atoms with Crippen molar-refractivity contribution in [2.24, 2.45) is 22.7 Å². The molecule has 4 fully saturated rings. The lowest BCUT2D eigenvalue weighted by molar-refractivity contribution is -0.165. The van der Waals surface area contributed by atoms with Gasteiger partial charge in [0.15, 0.2) is 22.5 Å². The van der Waals surface area contributed by atoms with Crippen LogP contribution in [0.25, 0.3) is 21.3 Å². The smallest absolute Gasteiger partial charge is 0.355 e. The molecule has 5 aliphatic rings. The molecule has 1 aliphatic heterocycles. The van der Waals surface area contributed by atoms with Gasteiger partial charge in [0, 0.05) is 54.2 Å². The first-order chi connectivity index (χ1) is 28.8. The molecule has 4 aliphatic carbocycles. The normalized spacial score (nSPS) is 25.9. The molecule has 1 aromatic carbocycles. The zero-order chi connectivity index (χ0) is 41.8. The Labute approximate surface area is 356 Å². The number of fused-ring (bicyclic) bond motifs is 3. The number of aromatic nitrogens is 6. The lowest BCUT2D eigenvalue weighted by Gasteiger charge is -2.56. The Bertz CT molecular complexity index is 2370. The molecule has 60 heavy (non-hydrogen) atoms. The van der Waals surface area contributed by atoms with Crippen molar-refractivity contribution in [2.45, 2.75) is 104 Å². The average molecular weight is 834 g/mol. The first-order valence-electron chi connectivity index (χ1n) is 21.8. The van der Waals surface area contributed by atoms with Crippen LogP contribution in [0.5, 0.6) is 0 Å². The summed E-state index contributed by atoms with van der Waals surface area (Å²) in [6.07, 6.45) is 12.3. The number of ether oxygens (including phenoxy) is 1. The Kier molecular flexibility index (Phi) is 11.0. The number of pyridine rings is 1. The van der Waals surface area contributed by atoms with Crippen LogP contribution in [-0.2, 0) is 17.7 Å². The summed E-state index contributed by atoms with van der Waals surface area (Å²) in [7, 11) is 2.15. The number of unbranched alkanes of at least 4 members (excludes halogenated alkanes) is 1. The van der Waals surface area contributed by atoms with Crippen LogP contribution in [0.3, 0.4) is 0 Å². The van der Waals surface area contributed by atoms with Crippen molar-refractivity contribution >= 4 is 50.1 Å². The van der Waals surface area contributed by atoms with E-state index in [1.807, 2.05) is 48.4 Å². The quantitative estimate of drug-likeness (QED) is 0.0866. The number of aliphatic hydroxyl groups excluding tert-OH is 1. The van der Waals surface area contributed by atoms with Crippen molar-refractivity contribution in [3.8, 4) is 11.1 Å². The Balaban J connectivity index is 0.927. The van der Waals surface area contributed by atoms with E-state index in [0.717, 1.165) is 115 Å². The zero-order valence-electron chi connectivity index (χ0n) is 35.7. The van der Waals surface area contributed by atoms with E-state index in [4.69, 9.17) is 19.8 Å². The van der Waals surface area contributed by atoms with Crippen molar-refractivity contribution in [2.75, 3.05) is 50.1 Å². The monoisotopic (exact) mass is 833 g/mol. The van der Waals surface area contributed by atoms with Crippen molar-refractivity contribution in [1.29, 1.82) is 0 Å². The van der Waals surface area contributed by atoms with Gasteiger partial charge in [-0.1, -0.05) is 37.3 Å². The molecule has 0 radical (unpaired) electrons. The molecule has 14 heteroatoms. The average Bonchev–Trinajstić information content (AvgIpc) is 3.75. The van der Waals surface area contributed by atoms with Gasteiger partial charge in [-0.05, 0) is 139 Å². The summed E-state index contributed by atoms with van der Waals surface area (Å²) < 4.78 is 10.2. The number of aromatic carboxylic acids is 1. The van der Waals surface area contributed by atoms with Crippen LogP contribution < -0.4 is 10.2 Å². The fourth-order valence-electron chi connectivity index (χ4n) is 12.0. The number of nitrogens with one attached hydrogen (secondary N) is 1. The highest BCUT2D eigenvalue weighted by Gasteiger charge is 2.60. The maximum absolute atomic E-state index is 12.9. The Hall–Kier alpha value is -4.50. The summed E-state index contributed by atoms with van der Waals surface area (Å²) in [6, 6.07) is 11.8. The first kappa shape index (κ1) is 40.9. The van der Waals surface area contributed by atoms with E-state index in [1.54, 1.807) is 11.3 Å². The number of thiazole rings is 1. The van der Waals surface area contributed by atoms with Crippen molar-refractivity contribution in [3.63, 3.8) is 0 Å². The largest absolute Gasteiger partial charge is 0.476 e. The molecule has 5 aromatic rings. The molecule has 0 spiro atoms. The van der Waals surface area contributed by atoms with Crippen LogP contribution in [0.1, 0.15) is 98.9 Å². The molecule has 0 saturated heterocycles. The molecular formula is C46H59N9O4S. The third kappa shape index (κ3) is 7.91. The molecule has 5 heterocycles. The molecular weight excluding hydrogens is 775 g/mol. The van der Waals surface area contributed by atoms with Gasteiger partial charge in [-0.2, -0.15) is 5.10 Å². The second-order valence-electron chi connectivity index (χ2n) is 19.1.